The Labute approximate surface area is 132 Å². The van der Waals surface area contributed by atoms with Crippen LogP contribution in [-0.4, -0.2) is 70.0 Å². The highest BCUT2D eigenvalue weighted by atomic mass is 19.1. The summed E-state index contributed by atoms with van der Waals surface area (Å²) in [5.41, 5.74) is 0.260. The summed E-state index contributed by atoms with van der Waals surface area (Å²) in [4.78, 5) is 14.0. The maximum atomic E-state index is 13.3. The van der Waals surface area contributed by atoms with Gasteiger partial charge in [-0.3, -0.25) is 4.90 Å². The minimum atomic E-state index is -1.04. The van der Waals surface area contributed by atoms with E-state index < -0.39 is 24.1 Å². The SMILES string of the molecule is N#Cc1cc(C(O)CN2CCN(C(=O)O)C[C@@H]2CO)ccc1F. The second-order valence-corrected chi connectivity index (χ2v) is 5.43. The summed E-state index contributed by atoms with van der Waals surface area (Å²) in [6.07, 6.45) is -2.01. The Morgan fingerprint density at radius 3 is 2.83 bits per heavy atom. The van der Waals surface area contributed by atoms with Gasteiger partial charge in [-0.2, -0.15) is 5.26 Å². The van der Waals surface area contributed by atoms with Gasteiger partial charge in [-0.1, -0.05) is 6.07 Å². The second kappa shape index (κ2) is 7.37. The van der Waals surface area contributed by atoms with Crippen LogP contribution in [0.15, 0.2) is 18.2 Å². The summed E-state index contributed by atoms with van der Waals surface area (Å²) < 4.78 is 13.3. The van der Waals surface area contributed by atoms with E-state index in [0.29, 0.717) is 12.1 Å². The number of nitrogens with zero attached hydrogens (tertiary/aromatic N) is 3. The molecule has 0 radical (unpaired) electrons. The minimum Gasteiger partial charge on any atom is -0.465 e. The zero-order chi connectivity index (χ0) is 17.0. The maximum Gasteiger partial charge on any atom is 0.407 e. The van der Waals surface area contributed by atoms with Gasteiger partial charge < -0.3 is 20.2 Å². The molecule has 1 fully saturated rings. The molecule has 1 aliphatic rings. The molecule has 0 aliphatic carbocycles. The lowest BCUT2D eigenvalue weighted by molar-refractivity contribution is 0.0130. The monoisotopic (exact) mass is 323 g/mol. The van der Waals surface area contributed by atoms with Crippen molar-refractivity contribution in [3.63, 3.8) is 0 Å². The number of piperazine rings is 1. The van der Waals surface area contributed by atoms with Crippen LogP contribution < -0.4 is 0 Å². The third-order valence-corrected chi connectivity index (χ3v) is 3.99. The lowest BCUT2D eigenvalue weighted by atomic mass is 10.0. The van der Waals surface area contributed by atoms with Gasteiger partial charge in [0.05, 0.1) is 24.3 Å². The molecule has 7 nitrogen and oxygen atoms in total. The molecule has 1 aromatic rings. The van der Waals surface area contributed by atoms with Crippen LogP contribution in [0.2, 0.25) is 0 Å². The van der Waals surface area contributed by atoms with Crippen molar-refractivity contribution in [3.05, 3.63) is 35.1 Å². The molecule has 124 valence electrons. The first-order chi connectivity index (χ1) is 11.0. The summed E-state index contributed by atoms with van der Waals surface area (Å²) in [5, 5.41) is 37.5. The Bertz CT molecular complexity index is 619. The number of hydrogen-bond donors (Lipinski definition) is 3. The van der Waals surface area contributed by atoms with E-state index in [0.717, 1.165) is 6.07 Å². The Balaban J connectivity index is 2.06. The predicted octanol–water partition coefficient (Wildman–Crippen LogP) is 0.387. The van der Waals surface area contributed by atoms with Gasteiger partial charge >= 0.3 is 6.09 Å². The van der Waals surface area contributed by atoms with Crippen molar-refractivity contribution in [3.8, 4) is 6.07 Å². The molecule has 1 aromatic carbocycles. The van der Waals surface area contributed by atoms with Crippen molar-refractivity contribution in [2.45, 2.75) is 12.1 Å². The van der Waals surface area contributed by atoms with Gasteiger partial charge in [0.2, 0.25) is 0 Å². The lowest BCUT2D eigenvalue weighted by Crippen LogP contribution is -2.56. The largest absolute Gasteiger partial charge is 0.465 e. The number of halogens is 1. The smallest absolute Gasteiger partial charge is 0.407 e. The molecule has 2 rings (SSSR count). The van der Waals surface area contributed by atoms with Gasteiger partial charge in [0.25, 0.3) is 0 Å². The topological polar surface area (TPSA) is 108 Å². The summed E-state index contributed by atoms with van der Waals surface area (Å²) in [5.74, 6) is -0.647. The van der Waals surface area contributed by atoms with Gasteiger partial charge in [-0.25, -0.2) is 9.18 Å². The third kappa shape index (κ3) is 3.96. The van der Waals surface area contributed by atoms with Crippen LogP contribution in [-0.2, 0) is 0 Å². The summed E-state index contributed by atoms with van der Waals surface area (Å²) in [7, 11) is 0. The highest BCUT2D eigenvalue weighted by molar-refractivity contribution is 5.65. The van der Waals surface area contributed by atoms with Gasteiger partial charge in [0, 0.05) is 26.2 Å². The molecule has 1 amide bonds. The predicted molar refractivity (Wildman–Crippen MR) is 78.1 cm³/mol. The number of benzene rings is 1. The van der Waals surface area contributed by atoms with Crippen LogP contribution in [0.25, 0.3) is 0 Å². The van der Waals surface area contributed by atoms with E-state index in [9.17, 15) is 19.4 Å². The standard InChI is InChI=1S/C15H18FN3O4/c16-13-2-1-10(5-11(13)6-17)14(21)8-18-3-4-19(15(22)23)7-12(18)9-20/h1-2,5,12,14,20-21H,3-4,7-9H2,(H,22,23)/t12-,14?/m1/s1. The summed E-state index contributed by atoms with van der Waals surface area (Å²) >= 11 is 0. The number of amides is 1. The van der Waals surface area contributed by atoms with Gasteiger partial charge in [0.1, 0.15) is 11.9 Å². The second-order valence-electron chi connectivity index (χ2n) is 5.43. The number of aliphatic hydroxyl groups excluding tert-OH is 2. The van der Waals surface area contributed by atoms with Crippen molar-refractivity contribution < 1.29 is 24.5 Å². The molecule has 0 aromatic heterocycles. The number of nitriles is 1. The minimum absolute atomic E-state index is 0.143. The van der Waals surface area contributed by atoms with E-state index in [-0.39, 0.29) is 31.8 Å². The van der Waals surface area contributed by atoms with Crippen LogP contribution in [0.4, 0.5) is 9.18 Å². The number of aliphatic hydroxyl groups is 2. The number of rotatable bonds is 4. The van der Waals surface area contributed by atoms with E-state index in [2.05, 4.69) is 0 Å². The molecular weight excluding hydrogens is 305 g/mol. The Morgan fingerprint density at radius 1 is 1.48 bits per heavy atom. The van der Waals surface area contributed by atoms with Gasteiger partial charge in [0.15, 0.2) is 0 Å². The van der Waals surface area contributed by atoms with Crippen LogP contribution in [0.3, 0.4) is 0 Å². The van der Waals surface area contributed by atoms with Crippen molar-refractivity contribution in [1.82, 2.24) is 9.80 Å². The molecule has 8 heteroatoms. The van der Waals surface area contributed by atoms with Crippen LogP contribution in [0, 0.1) is 17.1 Å². The van der Waals surface area contributed by atoms with E-state index in [1.807, 2.05) is 0 Å². The molecular formula is C15H18FN3O4. The normalized spacial score (nSPS) is 20.1. The molecule has 1 heterocycles. The highest BCUT2D eigenvalue weighted by Gasteiger charge is 2.30. The molecule has 0 spiro atoms. The molecule has 0 bridgehead atoms. The van der Waals surface area contributed by atoms with E-state index in [4.69, 9.17) is 10.4 Å². The zero-order valence-electron chi connectivity index (χ0n) is 12.4. The fourth-order valence-electron chi connectivity index (χ4n) is 2.64. The summed E-state index contributed by atoms with van der Waals surface area (Å²) in [6, 6.07) is 5.14. The molecule has 3 N–H and O–H groups in total. The molecule has 0 saturated carbocycles. The average molecular weight is 323 g/mol. The number of hydrogen-bond acceptors (Lipinski definition) is 5. The van der Waals surface area contributed by atoms with Crippen molar-refractivity contribution in [2.24, 2.45) is 0 Å². The van der Waals surface area contributed by atoms with E-state index >= 15 is 0 Å². The Hall–Kier alpha value is -2.21. The highest BCUT2D eigenvalue weighted by Crippen LogP contribution is 2.20. The van der Waals surface area contributed by atoms with Crippen molar-refractivity contribution in [1.29, 1.82) is 5.26 Å². The van der Waals surface area contributed by atoms with Crippen LogP contribution >= 0.6 is 0 Å². The summed E-state index contributed by atoms with van der Waals surface area (Å²) in [6.45, 7) is 0.746. The zero-order valence-corrected chi connectivity index (χ0v) is 12.4. The van der Waals surface area contributed by atoms with Crippen molar-refractivity contribution >= 4 is 6.09 Å². The Morgan fingerprint density at radius 2 is 2.22 bits per heavy atom. The molecule has 1 saturated heterocycles. The van der Waals surface area contributed by atoms with Crippen LogP contribution in [0.5, 0.6) is 0 Å². The average Bonchev–Trinajstić information content (AvgIpc) is 2.55. The lowest BCUT2D eigenvalue weighted by Gasteiger charge is -2.40. The van der Waals surface area contributed by atoms with Crippen LogP contribution in [0.1, 0.15) is 17.2 Å². The van der Waals surface area contributed by atoms with E-state index in [1.54, 1.807) is 11.0 Å². The third-order valence-electron chi connectivity index (χ3n) is 3.99. The Kier molecular flexibility index (Phi) is 5.50. The molecule has 2 atom stereocenters. The molecule has 23 heavy (non-hydrogen) atoms. The molecule has 1 unspecified atom stereocenters. The fourth-order valence-corrected chi connectivity index (χ4v) is 2.64. The molecule has 1 aliphatic heterocycles. The maximum absolute atomic E-state index is 13.3. The quantitative estimate of drug-likeness (QED) is 0.740. The fraction of sp³-hybridized carbons (Fsp3) is 0.467. The van der Waals surface area contributed by atoms with Gasteiger partial charge in [-0.05, 0) is 17.7 Å². The first kappa shape index (κ1) is 17.1. The number of carboxylic acid groups (broad SMARTS) is 1. The van der Waals surface area contributed by atoms with E-state index in [1.165, 1.54) is 17.0 Å². The first-order valence-electron chi connectivity index (χ1n) is 7.16. The first-order valence-corrected chi connectivity index (χ1v) is 7.16. The van der Waals surface area contributed by atoms with Crippen molar-refractivity contribution in [2.75, 3.05) is 32.8 Å². The number of carbonyl (C=O) groups is 1. The van der Waals surface area contributed by atoms with Gasteiger partial charge in [-0.15, -0.1) is 0 Å². The number of β-amino-alcohol motifs (C(OH)–C–C–N with tert-alkyl or cyclic N) is 1.